The second kappa shape index (κ2) is 13.4. The molecule has 42 heavy (non-hydrogen) atoms. The van der Waals surface area contributed by atoms with Crippen molar-refractivity contribution in [3.8, 4) is 11.5 Å². The zero-order valence-electron chi connectivity index (χ0n) is 23.4. The van der Waals surface area contributed by atoms with Gasteiger partial charge in [0, 0.05) is 7.05 Å². The van der Waals surface area contributed by atoms with E-state index in [9.17, 15) is 9.59 Å². The third-order valence-electron chi connectivity index (χ3n) is 6.49. The van der Waals surface area contributed by atoms with E-state index in [1.165, 1.54) is 22.0 Å². The number of carbonyl (C=O) groups is 2. The van der Waals surface area contributed by atoms with Crippen LogP contribution in [0.3, 0.4) is 0 Å². The maximum Gasteiger partial charge on any atom is 0.338 e. The van der Waals surface area contributed by atoms with Crippen LogP contribution in [0, 0.1) is 3.57 Å². The number of fused-ring (bicyclic) bond motifs is 1. The number of amides is 1. The Morgan fingerprint density at radius 2 is 1.74 bits per heavy atom. The Balaban J connectivity index is 1.37. The van der Waals surface area contributed by atoms with Gasteiger partial charge >= 0.3 is 5.97 Å². The Kier molecular flexibility index (Phi) is 9.48. The Hall–Kier alpha value is -3.83. The number of halogens is 1. The Morgan fingerprint density at radius 3 is 2.50 bits per heavy atom. The number of aliphatic imine (C=N–C) groups is 1. The minimum absolute atomic E-state index is 0.147. The van der Waals surface area contributed by atoms with Crippen LogP contribution in [0.4, 0.5) is 5.69 Å². The summed E-state index contributed by atoms with van der Waals surface area (Å²) < 4.78 is 18.2. The van der Waals surface area contributed by atoms with E-state index >= 15 is 0 Å². The number of hydrogen-bond donors (Lipinski definition) is 0. The molecule has 0 spiro atoms. The van der Waals surface area contributed by atoms with E-state index in [0.717, 1.165) is 20.1 Å². The Morgan fingerprint density at radius 1 is 0.976 bits per heavy atom. The molecule has 7 nitrogen and oxygen atoms in total. The summed E-state index contributed by atoms with van der Waals surface area (Å²) in [7, 11) is 1.70. The highest BCUT2D eigenvalue weighted by Gasteiger charge is 2.30. The van der Waals surface area contributed by atoms with Crippen molar-refractivity contribution in [1.82, 2.24) is 4.90 Å². The van der Waals surface area contributed by atoms with Crippen molar-refractivity contribution in [2.24, 2.45) is 4.99 Å². The number of nitrogens with zero attached hydrogens (tertiary/aromatic N) is 2. The SMILES string of the molecule is CCOC(=O)c1ccc(N=C2SC(=Cc3cc(I)c(OCc4cccc5ccccc45)c(OCC)c3)C(=O)N2C)cc1. The first-order valence-corrected chi connectivity index (χ1v) is 15.4. The molecule has 1 saturated heterocycles. The van der Waals surface area contributed by atoms with Crippen molar-refractivity contribution < 1.29 is 23.8 Å². The lowest BCUT2D eigenvalue weighted by Crippen LogP contribution is -2.23. The number of amidine groups is 1. The van der Waals surface area contributed by atoms with E-state index in [1.54, 1.807) is 38.2 Å². The highest BCUT2D eigenvalue weighted by atomic mass is 127. The van der Waals surface area contributed by atoms with Crippen molar-refractivity contribution in [3.05, 3.63) is 104 Å². The number of ether oxygens (including phenoxy) is 3. The minimum Gasteiger partial charge on any atom is -0.490 e. The smallest absolute Gasteiger partial charge is 0.338 e. The molecule has 0 radical (unpaired) electrons. The quantitative estimate of drug-likeness (QED) is 0.101. The molecule has 0 bridgehead atoms. The normalized spacial score (nSPS) is 15.0. The van der Waals surface area contributed by atoms with Crippen LogP contribution in [-0.2, 0) is 16.1 Å². The average Bonchev–Trinajstić information content (AvgIpc) is 3.24. The van der Waals surface area contributed by atoms with Gasteiger partial charge in [0.2, 0.25) is 0 Å². The van der Waals surface area contributed by atoms with E-state index in [2.05, 4.69) is 51.8 Å². The van der Waals surface area contributed by atoms with Gasteiger partial charge in [0.25, 0.3) is 5.91 Å². The van der Waals surface area contributed by atoms with Gasteiger partial charge in [-0.1, -0.05) is 42.5 Å². The molecule has 5 rings (SSSR count). The van der Waals surface area contributed by atoms with E-state index in [4.69, 9.17) is 14.2 Å². The van der Waals surface area contributed by atoms with Crippen LogP contribution < -0.4 is 9.47 Å². The standard InChI is InChI=1S/C33H29IN2O5S/c1-4-39-28-18-21(17-27(34)30(28)41-20-24-11-8-10-22-9-6-7-12-26(22)24)19-29-31(37)36(3)33(42-29)35-25-15-13-23(14-16-25)32(38)40-5-2/h6-19H,4-5,20H2,1-3H3. The molecule has 0 atom stereocenters. The molecule has 214 valence electrons. The van der Waals surface area contributed by atoms with Crippen molar-refractivity contribution >= 4 is 73.9 Å². The van der Waals surface area contributed by atoms with E-state index in [0.29, 0.717) is 52.6 Å². The first kappa shape index (κ1) is 29.7. The molecule has 0 unspecified atom stereocenters. The van der Waals surface area contributed by atoms with Crippen LogP contribution in [0.25, 0.3) is 16.8 Å². The number of hydrogen-bond acceptors (Lipinski definition) is 7. The summed E-state index contributed by atoms with van der Waals surface area (Å²) in [5, 5.41) is 2.87. The maximum absolute atomic E-state index is 13.1. The molecule has 1 aliphatic heterocycles. The monoisotopic (exact) mass is 692 g/mol. The van der Waals surface area contributed by atoms with Crippen molar-refractivity contribution in [2.45, 2.75) is 20.5 Å². The first-order valence-electron chi connectivity index (χ1n) is 13.5. The zero-order valence-corrected chi connectivity index (χ0v) is 26.4. The summed E-state index contributed by atoms with van der Waals surface area (Å²) in [6.45, 7) is 4.88. The molecule has 4 aromatic carbocycles. The van der Waals surface area contributed by atoms with Crippen molar-refractivity contribution in [3.63, 3.8) is 0 Å². The van der Waals surface area contributed by atoms with Gasteiger partial charge in [0.1, 0.15) is 6.61 Å². The predicted molar refractivity (Wildman–Crippen MR) is 176 cm³/mol. The number of esters is 1. The van der Waals surface area contributed by atoms with Gasteiger partial charge in [0.15, 0.2) is 16.7 Å². The van der Waals surface area contributed by atoms with Crippen LogP contribution in [-0.4, -0.2) is 42.2 Å². The van der Waals surface area contributed by atoms with Gasteiger partial charge in [-0.3, -0.25) is 9.69 Å². The number of benzene rings is 4. The van der Waals surface area contributed by atoms with Crippen molar-refractivity contribution in [1.29, 1.82) is 0 Å². The van der Waals surface area contributed by atoms with E-state index < -0.39 is 0 Å². The van der Waals surface area contributed by atoms with Crippen LogP contribution in [0.5, 0.6) is 11.5 Å². The van der Waals surface area contributed by atoms with E-state index in [1.807, 2.05) is 43.3 Å². The summed E-state index contributed by atoms with van der Waals surface area (Å²) in [6, 6.07) is 25.1. The highest BCUT2D eigenvalue weighted by molar-refractivity contribution is 14.1. The molecule has 0 aliphatic carbocycles. The van der Waals surface area contributed by atoms with Crippen molar-refractivity contribution in [2.75, 3.05) is 20.3 Å². The summed E-state index contributed by atoms with van der Waals surface area (Å²) >= 11 is 3.54. The fraction of sp³-hybridized carbons (Fsp3) is 0.182. The predicted octanol–water partition coefficient (Wildman–Crippen LogP) is 7.83. The highest BCUT2D eigenvalue weighted by Crippen LogP contribution is 2.38. The molecule has 9 heteroatoms. The van der Waals surface area contributed by atoms with Crippen LogP contribution in [0.15, 0.2) is 88.8 Å². The summed E-state index contributed by atoms with van der Waals surface area (Å²) in [4.78, 5) is 31.7. The van der Waals surface area contributed by atoms with Gasteiger partial charge in [0.05, 0.1) is 32.9 Å². The number of rotatable bonds is 9. The molecular formula is C33H29IN2O5S. The summed E-state index contributed by atoms with van der Waals surface area (Å²) in [5.74, 6) is 0.765. The second-order valence-electron chi connectivity index (χ2n) is 9.33. The van der Waals surface area contributed by atoms with Gasteiger partial charge in [-0.05, 0) is 113 Å². The number of carbonyl (C=O) groups excluding carboxylic acids is 2. The molecule has 1 aliphatic rings. The van der Waals surface area contributed by atoms with Crippen LogP contribution >= 0.6 is 34.4 Å². The van der Waals surface area contributed by atoms with Gasteiger partial charge in [-0.25, -0.2) is 9.79 Å². The second-order valence-corrected chi connectivity index (χ2v) is 11.5. The largest absolute Gasteiger partial charge is 0.490 e. The first-order chi connectivity index (χ1) is 20.4. The van der Waals surface area contributed by atoms with Crippen LogP contribution in [0.1, 0.15) is 35.3 Å². The topological polar surface area (TPSA) is 77.4 Å². The van der Waals surface area contributed by atoms with Crippen LogP contribution in [0.2, 0.25) is 0 Å². The molecule has 0 saturated carbocycles. The Bertz CT molecular complexity index is 1700. The lowest BCUT2D eigenvalue weighted by molar-refractivity contribution is -0.121. The van der Waals surface area contributed by atoms with Gasteiger partial charge in [-0.2, -0.15) is 0 Å². The number of likely N-dealkylation sites (N-methyl/N-ethyl adjacent to an activating group) is 1. The molecule has 4 aromatic rings. The molecule has 1 fully saturated rings. The number of thioether (sulfide) groups is 1. The maximum atomic E-state index is 13.1. The molecule has 0 N–H and O–H groups in total. The molecule has 1 heterocycles. The zero-order chi connectivity index (χ0) is 29.6. The lowest BCUT2D eigenvalue weighted by atomic mass is 10.1. The molecule has 0 aromatic heterocycles. The fourth-order valence-electron chi connectivity index (χ4n) is 4.44. The third kappa shape index (κ3) is 6.63. The average molecular weight is 693 g/mol. The molecule has 1 amide bonds. The third-order valence-corrected chi connectivity index (χ3v) is 8.35. The molecular weight excluding hydrogens is 663 g/mol. The summed E-state index contributed by atoms with van der Waals surface area (Å²) in [5.41, 5.74) is 3.00. The fourth-order valence-corrected chi connectivity index (χ4v) is 6.21. The lowest BCUT2D eigenvalue weighted by Gasteiger charge is -2.16. The van der Waals surface area contributed by atoms with Gasteiger partial charge in [-0.15, -0.1) is 0 Å². The van der Waals surface area contributed by atoms with E-state index in [-0.39, 0.29) is 11.9 Å². The summed E-state index contributed by atoms with van der Waals surface area (Å²) in [6.07, 6.45) is 1.84. The van der Waals surface area contributed by atoms with Gasteiger partial charge < -0.3 is 14.2 Å². The minimum atomic E-state index is -0.379. The Labute approximate surface area is 262 Å².